The third-order valence-electron chi connectivity index (χ3n) is 4.75. The number of nitrogens with zero attached hydrogens (tertiary/aromatic N) is 4. The molecule has 1 saturated heterocycles. The van der Waals surface area contributed by atoms with Gasteiger partial charge in [-0.3, -0.25) is 9.69 Å². The van der Waals surface area contributed by atoms with Crippen molar-refractivity contribution in [1.29, 1.82) is 0 Å². The summed E-state index contributed by atoms with van der Waals surface area (Å²) in [7, 11) is 0. The van der Waals surface area contributed by atoms with Crippen LogP contribution in [0.15, 0.2) is 39.7 Å². The molecule has 8 heteroatoms. The number of aryl methyl sites for hydroxylation is 1. The van der Waals surface area contributed by atoms with Crippen molar-refractivity contribution in [2.75, 3.05) is 18.4 Å². The second-order valence-electron chi connectivity index (χ2n) is 6.73. The molecule has 27 heavy (non-hydrogen) atoms. The highest BCUT2D eigenvalue weighted by molar-refractivity contribution is 7.07. The molecule has 1 aromatic carbocycles. The monoisotopic (exact) mass is 383 g/mol. The summed E-state index contributed by atoms with van der Waals surface area (Å²) in [6.45, 7) is 4.15. The maximum Gasteiger partial charge on any atom is 0.240 e. The molecule has 3 heterocycles. The smallest absolute Gasteiger partial charge is 0.240 e. The van der Waals surface area contributed by atoms with Gasteiger partial charge in [0.1, 0.15) is 0 Å². The van der Waals surface area contributed by atoms with Crippen LogP contribution in [-0.4, -0.2) is 39.0 Å². The number of likely N-dealkylation sites (tertiary alicyclic amines) is 1. The van der Waals surface area contributed by atoms with Crippen LogP contribution in [0.3, 0.4) is 0 Å². The first-order chi connectivity index (χ1) is 13.2. The van der Waals surface area contributed by atoms with E-state index >= 15 is 0 Å². The first kappa shape index (κ1) is 17.8. The summed E-state index contributed by atoms with van der Waals surface area (Å²) in [5.74, 6) is 1.39. The summed E-state index contributed by atoms with van der Waals surface area (Å²) in [5, 5.41) is 8.88. The molecule has 1 fully saturated rings. The summed E-state index contributed by atoms with van der Waals surface area (Å²) < 4.78 is 5.18. The predicted octanol–water partition coefficient (Wildman–Crippen LogP) is 3.35. The summed E-state index contributed by atoms with van der Waals surface area (Å²) >= 11 is 1.56. The van der Waals surface area contributed by atoms with Crippen LogP contribution in [0.5, 0.6) is 0 Å². The van der Waals surface area contributed by atoms with E-state index in [9.17, 15) is 4.79 Å². The molecule has 0 radical (unpaired) electrons. The Morgan fingerprint density at radius 1 is 1.37 bits per heavy atom. The number of aromatic nitrogens is 3. The average Bonchev–Trinajstić information content (AvgIpc) is 3.35. The largest absolute Gasteiger partial charge is 0.338 e. The summed E-state index contributed by atoms with van der Waals surface area (Å²) in [6.07, 6.45) is 1.65. The normalized spacial score (nSPS) is 15.7. The SMILES string of the molecule is Cc1noc(CN2CCC(C(=O)Nc3cccc(-c4cscn4)c3)CC2)n1. The number of hydrogen-bond donors (Lipinski definition) is 1. The maximum absolute atomic E-state index is 12.6. The molecule has 0 saturated carbocycles. The van der Waals surface area contributed by atoms with Crippen molar-refractivity contribution in [2.24, 2.45) is 5.92 Å². The summed E-state index contributed by atoms with van der Waals surface area (Å²) in [6, 6.07) is 7.84. The van der Waals surface area contributed by atoms with Crippen molar-refractivity contribution in [2.45, 2.75) is 26.3 Å². The highest BCUT2D eigenvalue weighted by Crippen LogP contribution is 2.24. The van der Waals surface area contributed by atoms with Gasteiger partial charge < -0.3 is 9.84 Å². The molecule has 140 valence electrons. The van der Waals surface area contributed by atoms with E-state index in [0.29, 0.717) is 18.3 Å². The standard InChI is InChI=1S/C19H21N5O2S/c1-13-21-18(26-23-13)10-24-7-5-14(6-8-24)19(25)22-16-4-2-3-15(9-16)17-11-27-12-20-17/h2-4,9,11-12,14H,5-8,10H2,1H3,(H,22,25). The summed E-state index contributed by atoms with van der Waals surface area (Å²) in [5.41, 5.74) is 4.57. The van der Waals surface area contributed by atoms with Gasteiger partial charge in [0.25, 0.3) is 0 Å². The second-order valence-corrected chi connectivity index (χ2v) is 7.45. The van der Waals surface area contributed by atoms with E-state index in [0.717, 1.165) is 42.9 Å². The van der Waals surface area contributed by atoms with E-state index in [2.05, 4.69) is 25.3 Å². The van der Waals surface area contributed by atoms with Gasteiger partial charge >= 0.3 is 0 Å². The van der Waals surface area contributed by atoms with Crippen LogP contribution in [-0.2, 0) is 11.3 Å². The Labute approximate surface area is 161 Å². The third-order valence-corrected chi connectivity index (χ3v) is 5.33. The minimum absolute atomic E-state index is 0.0219. The van der Waals surface area contributed by atoms with E-state index < -0.39 is 0 Å². The van der Waals surface area contributed by atoms with Crippen LogP contribution in [0.4, 0.5) is 5.69 Å². The van der Waals surface area contributed by atoms with Crippen LogP contribution in [0.1, 0.15) is 24.6 Å². The van der Waals surface area contributed by atoms with Gasteiger partial charge in [-0.1, -0.05) is 17.3 Å². The molecule has 7 nitrogen and oxygen atoms in total. The van der Waals surface area contributed by atoms with Gasteiger partial charge in [0.15, 0.2) is 5.82 Å². The van der Waals surface area contributed by atoms with Gasteiger partial charge in [0, 0.05) is 22.5 Å². The molecular formula is C19H21N5O2S. The fraction of sp³-hybridized carbons (Fsp3) is 0.368. The van der Waals surface area contributed by atoms with E-state index in [1.807, 2.05) is 42.1 Å². The van der Waals surface area contributed by atoms with Crippen LogP contribution in [0, 0.1) is 12.8 Å². The van der Waals surface area contributed by atoms with Crippen LogP contribution in [0.2, 0.25) is 0 Å². The van der Waals surface area contributed by atoms with Gasteiger partial charge in [-0.2, -0.15) is 4.98 Å². The lowest BCUT2D eigenvalue weighted by Crippen LogP contribution is -2.37. The first-order valence-electron chi connectivity index (χ1n) is 8.98. The minimum atomic E-state index is 0.0219. The lowest BCUT2D eigenvalue weighted by molar-refractivity contribution is -0.121. The van der Waals surface area contributed by atoms with Crippen LogP contribution in [0.25, 0.3) is 11.3 Å². The zero-order chi connectivity index (χ0) is 18.6. The van der Waals surface area contributed by atoms with Crippen molar-refractivity contribution in [3.63, 3.8) is 0 Å². The van der Waals surface area contributed by atoms with Crippen molar-refractivity contribution in [3.05, 3.63) is 46.9 Å². The minimum Gasteiger partial charge on any atom is -0.338 e. The predicted molar refractivity (Wildman–Crippen MR) is 103 cm³/mol. The van der Waals surface area contributed by atoms with Crippen LogP contribution >= 0.6 is 11.3 Å². The first-order valence-corrected chi connectivity index (χ1v) is 9.93. The number of rotatable bonds is 5. The van der Waals surface area contributed by atoms with Crippen LogP contribution < -0.4 is 5.32 Å². The molecule has 3 aromatic rings. The Bertz CT molecular complexity index is 900. The maximum atomic E-state index is 12.6. The zero-order valence-corrected chi connectivity index (χ0v) is 15.9. The molecule has 2 aromatic heterocycles. The highest BCUT2D eigenvalue weighted by atomic mass is 32.1. The highest BCUT2D eigenvalue weighted by Gasteiger charge is 2.26. The Hall–Kier alpha value is -2.58. The van der Waals surface area contributed by atoms with E-state index in [1.54, 1.807) is 11.3 Å². The molecule has 1 aliphatic heterocycles. The molecule has 0 atom stereocenters. The van der Waals surface area contributed by atoms with Crippen molar-refractivity contribution >= 4 is 22.9 Å². The van der Waals surface area contributed by atoms with Gasteiger partial charge in [-0.15, -0.1) is 11.3 Å². The number of piperidine rings is 1. The fourth-order valence-electron chi connectivity index (χ4n) is 3.30. The molecule has 0 aliphatic carbocycles. The number of hydrogen-bond acceptors (Lipinski definition) is 7. The van der Waals surface area contributed by atoms with Gasteiger partial charge in [-0.05, 0) is 45.0 Å². The van der Waals surface area contributed by atoms with E-state index in [4.69, 9.17) is 4.52 Å². The molecule has 0 spiro atoms. The number of benzene rings is 1. The molecule has 0 bridgehead atoms. The Morgan fingerprint density at radius 3 is 2.93 bits per heavy atom. The quantitative estimate of drug-likeness (QED) is 0.727. The third kappa shape index (κ3) is 4.40. The Morgan fingerprint density at radius 2 is 2.22 bits per heavy atom. The number of amides is 1. The number of carbonyl (C=O) groups excluding carboxylic acids is 1. The molecule has 1 amide bonds. The lowest BCUT2D eigenvalue weighted by atomic mass is 9.95. The number of anilines is 1. The summed E-state index contributed by atoms with van der Waals surface area (Å²) in [4.78, 5) is 23.5. The van der Waals surface area contributed by atoms with Crippen molar-refractivity contribution < 1.29 is 9.32 Å². The zero-order valence-electron chi connectivity index (χ0n) is 15.1. The number of thiazole rings is 1. The van der Waals surface area contributed by atoms with E-state index in [1.165, 1.54) is 0 Å². The Balaban J connectivity index is 1.31. The number of carbonyl (C=O) groups is 1. The Kier molecular flexibility index (Phi) is 5.26. The average molecular weight is 383 g/mol. The van der Waals surface area contributed by atoms with E-state index in [-0.39, 0.29) is 11.8 Å². The second kappa shape index (κ2) is 7.98. The fourth-order valence-corrected chi connectivity index (χ4v) is 3.87. The lowest BCUT2D eigenvalue weighted by Gasteiger charge is -2.30. The van der Waals surface area contributed by atoms with Crippen molar-refractivity contribution in [3.8, 4) is 11.3 Å². The topological polar surface area (TPSA) is 84.2 Å². The molecule has 1 aliphatic rings. The molecule has 4 rings (SSSR count). The van der Waals surface area contributed by atoms with Gasteiger partial charge in [0.2, 0.25) is 11.8 Å². The molecule has 0 unspecified atom stereocenters. The molecular weight excluding hydrogens is 362 g/mol. The van der Waals surface area contributed by atoms with Gasteiger partial charge in [0.05, 0.1) is 17.7 Å². The van der Waals surface area contributed by atoms with Crippen molar-refractivity contribution in [1.82, 2.24) is 20.0 Å². The number of nitrogens with one attached hydrogen (secondary N) is 1. The molecule has 1 N–H and O–H groups in total. The van der Waals surface area contributed by atoms with Gasteiger partial charge in [-0.25, -0.2) is 4.98 Å².